The van der Waals surface area contributed by atoms with E-state index in [1.165, 1.54) is 28.7 Å². The molecule has 10 heteroatoms. The fourth-order valence-electron chi connectivity index (χ4n) is 3.42. The number of H-pyrrole nitrogens is 1. The molecule has 0 spiro atoms. The molecule has 0 aliphatic rings. The number of amides is 1. The predicted molar refractivity (Wildman–Crippen MR) is 114 cm³/mol. The highest BCUT2D eigenvalue weighted by atomic mass is 32.2. The number of aromatic nitrogens is 3. The van der Waals surface area contributed by atoms with Crippen molar-refractivity contribution in [2.24, 2.45) is 0 Å². The number of rotatable bonds is 5. The summed E-state index contributed by atoms with van der Waals surface area (Å²) in [5, 5.41) is 16.3. The number of carboxylic acids is 1. The summed E-state index contributed by atoms with van der Waals surface area (Å²) in [6.07, 6.45) is 1.36. The first kappa shape index (κ1) is 18.9. The number of aromatic amines is 1. The molecular formula is C21H14N4O5S. The van der Waals surface area contributed by atoms with Crippen molar-refractivity contribution >= 4 is 51.2 Å². The van der Waals surface area contributed by atoms with Gasteiger partial charge < -0.3 is 14.8 Å². The van der Waals surface area contributed by atoms with Crippen LogP contribution in [0.3, 0.4) is 0 Å². The second kappa shape index (κ2) is 7.33. The lowest BCUT2D eigenvalue weighted by molar-refractivity contribution is -0.135. The van der Waals surface area contributed by atoms with Crippen molar-refractivity contribution in [3.8, 4) is 0 Å². The van der Waals surface area contributed by atoms with E-state index in [4.69, 9.17) is 9.52 Å². The van der Waals surface area contributed by atoms with Crippen LogP contribution < -0.4 is 10.7 Å². The minimum Gasteiger partial charge on any atom is -0.480 e. The van der Waals surface area contributed by atoms with Crippen LogP contribution in [-0.2, 0) is 4.79 Å². The maximum atomic E-state index is 12.7. The molecule has 0 aliphatic carbocycles. The number of carbonyl (C=O) groups excluding carboxylic acids is 1. The summed E-state index contributed by atoms with van der Waals surface area (Å²) in [4.78, 5) is 40.7. The Balaban J connectivity index is 1.60. The van der Waals surface area contributed by atoms with Crippen molar-refractivity contribution in [2.75, 3.05) is 6.54 Å². The van der Waals surface area contributed by atoms with E-state index in [1.807, 2.05) is 42.5 Å². The first-order valence-corrected chi connectivity index (χ1v) is 10.0. The second-order valence-corrected chi connectivity index (χ2v) is 7.74. The van der Waals surface area contributed by atoms with E-state index in [-0.39, 0.29) is 11.2 Å². The zero-order valence-electron chi connectivity index (χ0n) is 15.8. The molecule has 154 valence electrons. The summed E-state index contributed by atoms with van der Waals surface area (Å²) in [5.74, 6) is -2.01. The number of fused-ring (bicyclic) bond motifs is 4. The highest BCUT2D eigenvalue weighted by Gasteiger charge is 2.21. The van der Waals surface area contributed by atoms with Gasteiger partial charge in [0.25, 0.3) is 5.91 Å². The van der Waals surface area contributed by atoms with Crippen LogP contribution in [-0.4, -0.2) is 38.1 Å². The Bertz CT molecular complexity index is 1550. The second-order valence-electron chi connectivity index (χ2n) is 6.68. The van der Waals surface area contributed by atoms with Gasteiger partial charge in [0.1, 0.15) is 34.6 Å². The van der Waals surface area contributed by atoms with E-state index >= 15 is 0 Å². The number of aliphatic carboxylic acids is 1. The van der Waals surface area contributed by atoms with Crippen LogP contribution >= 0.6 is 11.8 Å². The molecule has 0 unspecified atom stereocenters. The summed E-state index contributed by atoms with van der Waals surface area (Å²) in [7, 11) is 0. The molecule has 0 radical (unpaired) electrons. The van der Waals surface area contributed by atoms with Crippen LogP contribution in [0.15, 0.2) is 74.0 Å². The zero-order chi connectivity index (χ0) is 21.5. The maximum Gasteiger partial charge on any atom is 0.322 e. The molecule has 3 heterocycles. The summed E-state index contributed by atoms with van der Waals surface area (Å²) in [6, 6.07) is 14.8. The summed E-state index contributed by atoms with van der Waals surface area (Å²) in [5.41, 5.74) is 0.773. The molecule has 2 aromatic carbocycles. The number of carbonyl (C=O) groups is 2. The van der Waals surface area contributed by atoms with E-state index in [9.17, 15) is 14.4 Å². The Morgan fingerprint density at radius 2 is 1.97 bits per heavy atom. The number of carboxylic acid groups (broad SMARTS) is 1. The predicted octanol–water partition coefficient (Wildman–Crippen LogP) is 2.89. The Kier molecular flexibility index (Phi) is 4.48. The standard InChI is InChI=1S/C21H14N4O5S/c26-13-8-16(25-20(23-10-24-25)18(13)21(29)22-9-17(27)28)31-15-7-3-5-12-11-4-1-2-6-14(11)30-19(12)15/h1-8,10H,9H2,(H,22,29)(H,23,24)(H,27,28). The van der Waals surface area contributed by atoms with Crippen LogP contribution in [0.4, 0.5) is 0 Å². The first-order chi connectivity index (χ1) is 15.0. The van der Waals surface area contributed by atoms with Gasteiger partial charge in [-0.05, 0) is 12.1 Å². The Morgan fingerprint density at radius 3 is 2.81 bits per heavy atom. The van der Waals surface area contributed by atoms with Crippen LogP contribution in [0, 0.1) is 0 Å². The fourth-order valence-corrected chi connectivity index (χ4v) is 4.43. The third-order valence-electron chi connectivity index (χ3n) is 4.74. The third-order valence-corrected chi connectivity index (χ3v) is 5.79. The number of nitrogens with one attached hydrogen (secondary N) is 2. The first-order valence-electron chi connectivity index (χ1n) is 9.20. The number of para-hydroxylation sites is 2. The lowest BCUT2D eigenvalue weighted by Crippen LogP contribution is -2.33. The molecule has 5 rings (SSSR count). The quantitative estimate of drug-likeness (QED) is 0.388. The van der Waals surface area contributed by atoms with Gasteiger partial charge in [0.05, 0.1) is 4.90 Å². The third kappa shape index (κ3) is 3.22. The van der Waals surface area contributed by atoms with Crippen LogP contribution in [0.5, 0.6) is 0 Å². The molecule has 0 saturated heterocycles. The van der Waals surface area contributed by atoms with Crippen LogP contribution in [0.1, 0.15) is 10.4 Å². The van der Waals surface area contributed by atoms with Gasteiger partial charge in [-0.3, -0.25) is 19.5 Å². The summed E-state index contributed by atoms with van der Waals surface area (Å²) < 4.78 is 7.55. The number of hydrogen-bond acceptors (Lipinski definition) is 6. The molecule has 5 aromatic rings. The van der Waals surface area contributed by atoms with Gasteiger partial charge in [-0.25, -0.2) is 9.50 Å². The van der Waals surface area contributed by atoms with E-state index in [0.29, 0.717) is 10.6 Å². The molecule has 31 heavy (non-hydrogen) atoms. The average molecular weight is 434 g/mol. The average Bonchev–Trinajstić information content (AvgIpc) is 3.38. The highest BCUT2D eigenvalue weighted by molar-refractivity contribution is 7.99. The van der Waals surface area contributed by atoms with Crippen molar-refractivity contribution in [2.45, 2.75) is 9.92 Å². The topological polar surface area (TPSA) is 130 Å². The van der Waals surface area contributed by atoms with Gasteiger partial charge in [0.2, 0.25) is 0 Å². The number of hydrogen-bond donors (Lipinski definition) is 3. The van der Waals surface area contributed by atoms with Crippen molar-refractivity contribution in [1.29, 1.82) is 0 Å². The molecule has 9 nitrogen and oxygen atoms in total. The highest BCUT2D eigenvalue weighted by Crippen LogP contribution is 2.37. The SMILES string of the molecule is O=C(O)CNC(=O)c1c(=O)cc(Sc2cccc3c2oc2ccccc23)n2[nH]cnc12. The zero-order valence-corrected chi connectivity index (χ0v) is 16.6. The molecule has 0 fully saturated rings. The molecular weight excluding hydrogens is 420 g/mol. The lowest BCUT2D eigenvalue weighted by Gasteiger charge is -2.08. The normalized spacial score (nSPS) is 11.4. The molecule has 0 aliphatic heterocycles. The number of benzene rings is 2. The fraction of sp³-hybridized carbons (Fsp3) is 0.0476. The van der Waals surface area contributed by atoms with E-state index in [0.717, 1.165) is 21.3 Å². The minimum absolute atomic E-state index is 0.106. The van der Waals surface area contributed by atoms with E-state index in [1.54, 1.807) is 0 Å². The van der Waals surface area contributed by atoms with Crippen LogP contribution in [0.25, 0.3) is 27.6 Å². The molecule has 3 N–H and O–H groups in total. The van der Waals surface area contributed by atoms with Crippen molar-refractivity contribution in [1.82, 2.24) is 19.9 Å². The Hall–Kier alpha value is -4.05. The molecule has 0 saturated carbocycles. The molecule has 3 aromatic heterocycles. The van der Waals surface area contributed by atoms with Gasteiger partial charge in [-0.15, -0.1) is 0 Å². The Morgan fingerprint density at radius 1 is 1.16 bits per heavy atom. The van der Waals surface area contributed by atoms with Crippen molar-refractivity contribution in [3.63, 3.8) is 0 Å². The number of furan rings is 1. The molecule has 0 atom stereocenters. The lowest BCUT2D eigenvalue weighted by atomic mass is 10.1. The molecule has 0 bridgehead atoms. The number of pyridine rings is 1. The maximum absolute atomic E-state index is 12.7. The van der Waals surface area contributed by atoms with E-state index in [2.05, 4.69) is 15.4 Å². The smallest absolute Gasteiger partial charge is 0.322 e. The number of nitrogens with zero attached hydrogens (tertiary/aromatic N) is 2. The van der Waals surface area contributed by atoms with Gasteiger partial charge in [0.15, 0.2) is 11.1 Å². The van der Waals surface area contributed by atoms with Gasteiger partial charge in [0, 0.05) is 16.8 Å². The van der Waals surface area contributed by atoms with Crippen molar-refractivity contribution in [3.05, 3.63) is 70.6 Å². The minimum atomic E-state index is -1.21. The molecule has 1 amide bonds. The van der Waals surface area contributed by atoms with Crippen LogP contribution in [0.2, 0.25) is 0 Å². The Labute approximate surface area is 177 Å². The van der Waals surface area contributed by atoms with E-state index < -0.39 is 23.9 Å². The largest absolute Gasteiger partial charge is 0.480 e. The summed E-state index contributed by atoms with van der Waals surface area (Å²) >= 11 is 1.29. The van der Waals surface area contributed by atoms with Gasteiger partial charge >= 0.3 is 5.97 Å². The monoisotopic (exact) mass is 434 g/mol. The van der Waals surface area contributed by atoms with Crippen molar-refractivity contribution < 1.29 is 19.1 Å². The van der Waals surface area contributed by atoms with Gasteiger partial charge in [-0.1, -0.05) is 42.1 Å². The van der Waals surface area contributed by atoms with Gasteiger partial charge in [-0.2, -0.15) is 0 Å². The summed E-state index contributed by atoms with van der Waals surface area (Å²) in [6.45, 7) is -0.598.